The minimum Gasteiger partial charge on any atom is -0.310 e. The van der Waals surface area contributed by atoms with Crippen LogP contribution in [0.1, 0.15) is 54.0 Å². The Kier molecular flexibility index (Phi) is 9.76. The monoisotopic (exact) mass is 846 g/mol. The second-order valence-electron chi connectivity index (χ2n) is 18.4. The molecule has 0 bridgehead atoms. The van der Waals surface area contributed by atoms with Crippen LogP contribution in [0, 0.1) is 0 Å². The molecule has 0 aliphatic heterocycles. The highest BCUT2D eigenvalue weighted by Gasteiger charge is 2.36. The molecule has 316 valence electrons. The summed E-state index contributed by atoms with van der Waals surface area (Å²) in [5.74, 6) is 0.289. The fourth-order valence-electron chi connectivity index (χ4n) is 11.0. The molecular formula is C64H50N2. The van der Waals surface area contributed by atoms with Gasteiger partial charge < -0.3 is 9.80 Å². The van der Waals surface area contributed by atoms with Gasteiger partial charge >= 0.3 is 0 Å². The van der Waals surface area contributed by atoms with Crippen molar-refractivity contribution >= 4 is 44.9 Å². The summed E-state index contributed by atoms with van der Waals surface area (Å²) >= 11 is 0. The third-order valence-electron chi connectivity index (χ3n) is 14.3. The van der Waals surface area contributed by atoms with Gasteiger partial charge in [0.1, 0.15) is 0 Å². The van der Waals surface area contributed by atoms with E-state index in [-0.39, 0.29) is 11.3 Å². The second-order valence-corrected chi connectivity index (χ2v) is 18.4. The zero-order chi connectivity index (χ0) is 44.2. The van der Waals surface area contributed by atoms with Gasteiger partial charge in [0.25, 0.3) is 0 Å². The Hall–Kier alpha value is -7.94. The number of nitrogens with zero attached hydrogens (tertiary/aromatic N) is 2. The van der Waals surface area contributed by atoms with E-state index in [1.165, 1.54) is 66.4 Å². The Bertz CT molecular complexity index is 3370. The normalized spacial score (nSPS) is 14.4. The summed E-state index contributed by atoms with van der Waals surface area (Å²) in [6, 6.07) is 87.7. The third kappa shape index (κ3) is 6.80. The summed E-state index contributed by atoms with van der Waals surface area (Å²) in [4.78, 5) is 4.85. The van der Waals surface area contributed by atoms with Gasteiger partial charge in [-0.05, 0) is 152 Å². The van der Waals surface area contributed by atoms with E-state index in [1.807, 2.05) is 0 Å². The lowest BCUT2D eigenvalue weighted by Gasteiger charge is -2.31. The first kappa shape index (κ1) is 39.6. The van der Waals surface area contributed by atoms with Gasteiger partial charge in [-0.25, -0.2) is 0 Å². The van der Waals surface area contributed by atoms with Gasteiger partial charge in [-0.2, -0.15) is 0 Å². The zero-order valence-corrected chi connectivity index (χ0v) is 37.4. The minimum absolute atomic E-state index is 0.128. The number of hydrogen-bond acceptors (Lipinski definition) is 2. The molecule has 0 spiro atoms. The van der Waals surface area contributed by atoms with Gasteiger partial charge in [-0.15, -0.1) is 0 Å². The highest BCUT2D eigenvalue weighted by Crippen LogP contribution is 2.52. The summed E-state index contributed by atoms with van der Waals surface area (Å²) in [6.07, 6.45) is 2.04. The van der Waals surface area contributed by atoms with Crippen LogP contribution >= 0.6 is 0 Å². The van der Waals surface area contributed by atoms with Crippen molar-refractivity contribution in [3.63, 3.8) is 0 Å². The van der Waals surface area contributed by atoms with Crippen LogP contribution in [0.2, 0.25) is 0 Å². The summed E-state index contributed by atoms with van der Waals surface area (Å²) in [5, 5.41) is 2.58. The van der Waals surface area contributed by atoms with E-state index in [4.69, 9.17) is 0 Å². The fraction of sp³-hybridized carbons (Fsp3) is 0.0938. The summed E-state index contributed by atoms with van der Waals surface area (Å²) in [5.41, 5.74) is 21.1. The van der Waals surface area contributed by atoms with Gasteiger partial charge in [-0.1, -0.05) is 178 Å². The number of para-hydroxylation sites is 3. The molecule has 2 aliphatic rings. The number of fused-ring (bicyclic) bond motifs is 7. The lowest BCUT2D eigenvalue weighted by Crippen LogP contribution is -2.17. The van der Waals surface area contributed by atoms with Crippen LogP contribution in [-0.4, -0.2) is 0 Å². The molecule has 0 saturated heterocycles. The first-order valence-electron chi connectivity index (χ1n) is 23.3. The molecule has 0 radical (unpaired) electrons. The lowest BCUT2D eigenvalue weighted by atomic mass is 9.82. The van der Waals surface area contributed by atoms with Crippen molar-refractivity contribution in [2.24, 2.45) is 0 Å². The van der Waals surface area contributed by atoms with E-state index >= 15 is 0 Å². The number of benzene rings is 10. The largest absolute Gasteiger partial charge is 0.310 e. The molecule has 0 N–H and O–H groups in total. The molecule has 66 heavy (non-hydrogen) atoms. The summed E-state index contributed by atoms with van der Waals surface area (Å²) in [7, 11) is 0. The standard InChI is InChI=1S/C64H50N2/c1-64(2)61-29-17-16-28-57(61)58-38-35-53(43-62(58)64)65(49-20-6-3-7-21-49)52-36-39-63(66(50-22-8-4-9-23-50)51-24-10-5-11-25-51)60(42-52)48-33-31-45-34-37-54(55-26-14-15-27-56(55)59(45)41-48)47-32-30-44-18-12-13-19-46(44)40-47/h3-33,35-36,38-43,54H,34,37H2,1-2H3. The quantitative estimate of drug-likeness (QED) is 0.150. The molecule has 2 heteroatoms. The molecule has 0 saturated carbocycles. The SMILES string of the molecule is CC1(C)c2ccccc2-c2ccc(N(c3ccccc3)c3ccc(N(c4ccccc4)c4ccccc4)c(-c4ccc5c(c4)-c4ccccc4C(c4ccc6ccccc6c4)CC5)c3)cc21. The molecular weight excluding hydrogens is 797 g/mol. The number of anilines is 6. The number of hydrogen-bond donors (Lipinski definition) is 0. The van der Waals surface area contributed by atoms with Crippen molar-refractivity contribution in [3.05, 3.63) is 264 Å². The van der Waals surface area contributed by atoms with Crippen LogP contribution in [0.3, 0.4) is 0 Å². The van der Waals surface area contributed by atoms with Crippen LogP contribution in [-0.2, 0) is 11.8 Å². The predicted molar refractivity (Wildman–Crippen MR) is 278 cm³/mol. The minimum atomic E-state index is -0.128. The summed E-state index contributed by atoms with van der Waals surface area (Å²) in [6.45, 7) is 4.73. The van der Waals surface area contributed by atoms with Crippen LogP contribution in [0.5, 0.6) is 0 Å². The molecule has 2 aliphatic carbocycles. The van der Waals surface area contributed by atoms with Crippen molar-refractivity contribution in [3.8, 4) is 33.4 Å². The smallest absolute Gasteiger partial charge is 0.0541 e. The Morgan fingerprint density at radius 3 is 1.71 bits per heavy atom. The molecule has 2 nitrogen and oxygen atoms in total. The van der Waals surface area contributed by atoms with Gasteiger partial charge in [-0.3, -0.25) is 0 Å². The Balaban J connectivity index is 1.06. The highest BCUT2D eigenvalue weighted by molar-refractivity contribution is 5.94. The Morgan fingerprint density at radius 2 is 0.970 bits per heavy atom. The molecule has 10 aromatic rings. The summed E-state index contributed by atoms with van der Waals surface area (Å²) < 4.78 is 0. The number of aryl methyl sites for hydroxylation is 1. The molecule has 0 heterocycles. The van der Waals surface area contributed by atoms with Gasteiger partial charge in [0.2, 0.25) is 0 Å². The van der Waals surface area contributed by atoms with Gasteiger partial charge in [0.05, 0.1) is 5.69 Å². The van der Waals surface area contributed by atoms with Gasteiger partial charge in [0, 0.05) is 45.3 Å². The number of rotatable bonds is 8. The van der Waals surface area contributed by atoms with E-state index in [0.717, 1.165) is 52.5 Å². The van der Waals surface area contributed by atoms with Crippen LogP contribution in [0.15, 0.2) is 237 Å². The van der Waals surface area contributed by atoms with E-state index in [9.17, 15) is 0 Å². The average Bonchev–Trinajstić information content (AvgIpc) is 3.48. The van der Waals surface area contributed by atoms with E-state index in [2.05, 4.69) is 260 Å². The molecule has 1 unspecified atom stereocenters. The van der Waals surface area contributed by atoms with Crippen molar-refractivity contribution in [2.75, 3.05) is 9.80 Å². The maximum Gasteiger partial charge on any atom is 0.0541 e. The first-order chi connectivity index (χ1) is 32.5. The Labute approximate surface area is 388 Å². The maximum absolute atomic E-state index is 2.48. The Morgan fingerprint density at radius 1 is 0.379 bits per heavy atom. The van der Waals surface area contributed by atoms with Gasteiger partial charge in [0.15, 0.2) is 0 Å². The van der Waals surface area contributed by atoms with Crippen molar-refractivity contribution in [1.82, 2.24) is 0 Å². The highest BCUT2D eigenvalue weighted by atomic mass is 15.2. The molecule has 1 atom stereocenters. The zero-order valence-electron chi connectivity index (χ0n) is 37.4. The maximum atomic E-state index is 2.48. The van der Waals surface area contributed by atoms with Crippen LogP contribution in [0.25, 0.3) is 44.2 Å². The third-order valence-corrected chi connectivity index (χ3v) is 14.3. The van der Waals surface area contributed by atoms with Crippen LogP contribution in [0.4, 0.5) is 34.1 Å². The predicted octanol–water partition coefficient (Wildman–Crippen LogP) is 17.5. The lowest BCUT2D eigenvalue weighted by molar-refractivity contribution is 0.660. The van der Waals surface area contributed by atoms with Crippen molar-refractivity contribution in [2.45, 2.75) is 38.0 Å². The molecule has 0 aromatic heterocycles. The molecule has 0 amide bonds. The van der Waals surface area contributed by atoms with Crippen molar-refractivity contribution < 1.29 is 0 Å². The topological polar surface area (TPSA) is 6.48 Å². The molecule has 0 fully saturated rings. The molecule has 12 rings (SSSR count). The van der Waals surface area contributed by atoms with Crippen LogP contribution < -0.4 is 9.80 Å². The van der Waals surface area contributed by atoms with E-state index in [1.54, 1.807) is 0 Å². The fourth-order valence-corrected chi connectivity index (χ4v) is 11.0. The van der Waals surface area contributed by atoms with E-state index in [0.29, 0.717) is 0 Å². The van der Waals surface area contributed by atoms with E-state index < -0.39 is 0 Å². The van der Waals surface area contributed by atoms with Crippen molar-refractivity contribution in [1.29, 1.82) is 0 Å². The first-order valence-corrected chi connectivity index (χ1v) is 23.3. The average molecular weight is 847 g/mol. The second kappa shape index (κ2) is 16.2. The molecule has 10 aromatic carbocycles.